The van der Waals surface area contributed by atoms with Crippen molar-refractivity contribution in [2.24, 2.45) is 0 Å². The lowest BCUT2D eigenvalue weighted by Crippen LogP contribution is -2.28. The van der Waals surface area contributed by atoms with Crippen molar-refractivity contribution in [2.75, 3.05) is 20.3 Å². The second kappa shape index (κ2) is 7.64. The zero-order valence-corrected chi connectivity index (χ0v) is 13.1. The SMILES string of the molecule is COCCCN(/C=C\C(F)(F)F)S(=O)(=O)c1ccc(C)cc1. The molecule has 0 heterocycles. The fourth-order valence-electron chi connectivity index (χ4n) is 1.65. The molecular formula is C14H18F3NO3S. The number of aryl methyl sites for hydroxylation is 1. The number of allylic oxidation sites excluding steroid dienone is 1. The molecule has 0 spiro atoms. The van der Waals surface area contributed by atoms with E-state index in [0.29, 0.717) is 10.5 Å². The van der Waals surface area contributed by atoms with Crippen LogP contribution in [0.5, 0.6) is 0 Å². The molecule has 0 aliphatic carbocycles. The Hall–Kier alpha value is -1.54. The molecule has 22 heavy (non-hydrogen) atoms. The van der Waals surface area contributed by atoms with Gasteiger partial charge in [-0.3, -0.25) is 4.31 Å². The van der Waals surface area contributed by atoms with Crippen LogP contribution in [0.2, 0.25) is 0 Å². The summed E-state index contributed by atoms with van der Waals surface area (Å²) in [5.74, 6) is 0. The molecule has 4 nitrogen and oxygen atoms in total. The number of rotatable bonds is 7. The second-order valence-electron chi connectivity index (χ2n) is 4.63. The van der Waals surface area contributed by atoms with Crippen molar-refractivity contribution in [2.45, 2.75) is 24.4 Å². The van der Waals surface area contributed by atoms with Crippen molar-refractivity contribution in [3.8, 4) is 0 Å². The predicted molar refractivity (Wildman–Crippen MR) is 76.8 cm³/mol. The van der Waals surface area contributed by atoms with Crippen molar-refractivity contribution in [1.82, 2.24) is 4.31 Å². The monoisotopic (exact) mass is 337 g/mol. The van der Waals surface area contributed by atoms with Crippen LogP contribution in [0.3, 0.4) is 0 Å². The van der Waals surface area contributed by atoms with Crippen LogP contribution in [0.15, 0.2) is 41.4 Å². The first kappa shape index (κ1) is 18.5. The lowest BCUT2D eigenvalue weighted by Gasteiger charge is -2.20. The average molecular weight is 337 g/mol. The molecule has 1 aromatic carbocycles. The Bertz CT molecular complexity index is 595. The number of alkyl halides is 3. The molecular weight excluding hydrogens is 319 g/mol. The van der Waals surface area contributed by atoms with Gasteiger partial charge in [-0.1, -0.05) is 17.7 Å². The van der Waals surface area contributed by atoms with Crippen LogP contribution >= 0.6 is 0 Å². The van der Waals surface area contributed by atoms with E-state index in [-0.39, 0.29) is 30.5 Å². The molecule has 0 unspecified atom stereocenters. The Kier molecular flexibility index (Phi) is 6.43. The molecule has 0 saturated heterocycles. The van der Waals surface area contributed by atoms with Gasteiger partial charge in [0.15, 0.2) is 0 Å². The highest BCUT2D eigenvalue weighted by atomic mass is 32.2. The summed E-state index contributed by atoms with van der Waals surface area (Å²) >= 11 is 0. The molecule has 8 heteroatoms. The van der Waals surface area contributed by atoms with Crippen LogP contribution in [-0.2, 0) is 14.8 Å². The van der Waals surface area contributed by atoms with E-state index in [1.807, 2.05) is 0 Å². The summed E-state index contributed by atoms with van der Waals surface area (Å²) in [7, 11) is -2.59. The van der Waals surface area contributed by atoms with E-state index in [4.69, 9.17) is 4.74 Å². The van der Waals surface area contributed by atoms with Gasteiger partial charge in [-0.2, -0.15) is 13.2 Å². The van der Waals surface area contributed by atoms with Crippen molar-refractivity contribution in [3.63, 3.8) is 0 Å². The minimum atomic E-state index is -4.58. The second-order valence-corrected chi connectivity index (χ2v) is 6.52. The fourth-order valence-corrected chi connectivity index (χ4v) is 2.99. The minimum Gasteiger partial charge on any atom is -0.385 e. The van der Waals surface area contributed by atoms with Gasteiger partial charge in [0.2, 0.25) is 0 Å². The molecule has 0 fully saturated rings. The summed E-state index contributed by atoms with van der Waals surface area (Å²) < 4.78 is 67.3. The molecule has 0 N–H and O–H groups in total. The molecule has 0 aliphatic rings. The zero-order chi connectivity index (χ0) is 16.8. The van der Waals surface area contributed by atoms with Gasteiger partial charge in [0.05, 0.1) is 4.90 Å². The Morgan fingerprint density at radius 3 is 2.32 bits per heavy atom. The Labute approximate surface area is 128 Å². The zero-order valence-electron chi connectivity index (χ0n) is 12.3. The van der Waals surface area contributed by atoms with Crippen molar-refractivity contribution in [1.29, 1.82) is 0 Å². The Balaban J connectivity index is 3.06. The number of ether oxygens (including phenoxy) is 1. The maximum Gasteiger partial charge on any atom is 0.411 e. The third kappa shape index (κ3) is 5.69. The maximum absolute atomic E-state index is 12.4. The first-order valence-corrected chi connectivity index (χ1v) is 7.94. The maximum atomic E-state index is 12.4. The van der Waals surface area contributed by atoms with Gasteiger partial charge in [-0.25, -0.2) is 8.42 Å². The molecule has 0 atom stereocenters. The number of nitrogens with zero attached hydrogens (tertiary/aromatic N) is 1. The Morgan fingerprint density at radius 1 is 1.23 bits per heavy atom. The van der Waals surface area contributed by atoms with Gasteiger partial charge in [0.25, 0.3) is 10.0 Å². The number of benzene rings is 1. The predicted octanol–water partition coefficient (Wildman–Crippen LogP) is 3.10. The van der Waals surface area contributed by atoms with Gasteiger partial charge < -0.3 is 4.74 Å². The number of sulfonamides is 1. The van der Waals surface area contributed by atoms with E-state index in [2.05, 4.69) is 0 Å². The van der Waals surface area contributed by atoms with Crippen LogP contribution in [0.1, 0.15) is 12.0 Å². The minimum absolute atomic E-state index is 0.0534. The Morgan fingerprint density at radius 2 is 1.82 bits per heavy atom. The van der Waals surface area contributed by atoms with Crippen LogP contribution in [0.25, 0.3) is 0 Å². The molecule has 0 saturated carbocycles. The van der Waals surface area contributed by atoms with E-state index in [1.165, 1.54) is 19.2 Å². The van der Waals surface area contributed by atoms with Gasteiger partial charge >= 0.3 is 6.18 Å². The highest BCUT2D eigenvalue weighted by Crippen LogP contribution is 2.21. The number of hydrogen-bond acceptors (Lipinski definition) is 3. The largest absolute Gasteiger partial charge is 0.411 e. The molecule has 0 aliphatic heterocycles. The van der Waals surface area contributed by atoms with E-state index in [0.717, 1.165) is 5.56 Å². The van der Waals surface area contributed by atoms with Crippen LogP contribution in [0.4, 0.5) is 13.2 Å². The fraction of sp³-hybridized carbons (Fsp3) is 0.429. The first-order chi connectivity index (χ1) is 10.2. The lowest BCUT2D eigenvalue weighted by molar-refractivity contribution is -0.0804. The van der Waals surface area contributed by atoms with E-state index >= 15 is 0 Å². The summed E-state index contributed by atoms with van der Waals surface area (Å²) in [6.07, 6.45) is -3.84. The summed E-state index contributed by atoms with van der Waals surface area (Å²) in [5, 5.41) is 0. The quantitative estimate of drug-likeness (QED) is 0.718. The number of hydrogen-bond donors (Lipinski definition) is 0. The molecule has 124 valence electrons. The highest BCUT2D eigenvalue weighted by Gasteiger charge is 2.26. The van der Waals surface area contributed by atoms with E-state index in [1.54, 1.807) is 19.1 Å². The van der Waals surface area contributed by atoms with Crippen molar-refractivity contribution in [3.05, 3.63) is 42.1 Å². The molecule has 0 aromatic heterocycles. The third-order valence-corrected chi connectivity index (χ3v) is 4.57. The van der Waals surface area contributed by atoms with Crippen LogP contribution in [0, 0.1) is 6.92 Å². The molecule has 1 aromatic rings. The van der Waals surface area contributed by atoms with Crippen LogP contribution < -0.4 is 0 Å². The van der Waals surface area contributed by atoms with Crippen molar-refractivity contribution >= 4 is 10.0 Å². The average Bonchev–Trinajstić information content (AvgIpc) is 2.41. The summed E-state index contributed by atoms with van der Waals surface area (Å²) in [4.78, 5) is -0.0534. The normalized spacial score (nSPS) is 12.8. The van der Waals surface area contributed by atoms with Crippen molar-refractivity contribution < 1.29 is 26.3 Å². The topological polar surface area (TPSA) is 46.6 Å². The van der Waals surface area contributed by atoms with Gasteiger partial charge in [0.1, 0.15) is 0 Å². The summed E-state index contributed by atoms with van der Waals surface area (Å²) in [6.45, 7) is 1.94. The summed E-state index contributed by atoms with van der Waals surface area (Å²) in [5.41, 5.74) is 0.857. The summed E-state index contributed by atoms with van der Waals surface area (Å²) in [6, 6.07) is 5.92. The smallest absolute Gasteiger partial charge is 0.385 e. The molecule has 0 bridgehead atoms. The lowest BCUT2D eigenvalue weighted by atomic mass is 10.2. The highest BCUT2D eigenvalue weighted by molar-refractivity contribution is 7.89. The third-order valence-electron chi connectivity index (χ3n) is 2.78. The first-order valence-electron chi connectivity index (χ1n) is 6.50. The molecule has 0 amide bonds. The number of methoxy groups -OCH3 is 1. The van der Waals surface area contributed by atoms with Crippen LogP contribution in [-0.4, -0.2) is 39.2 Å². The van der Waals surface area contributed by atoms with E-state index in [9.17, 15) is 21.6 Å². The molecule has 0 radical (unpaired) electrons. The standard InChI is InChI=1S/C14H18F3NO3S/c1-12-4-6-13(7-5-12)22(19,20)18(9-3-11-21-2)10-8-14(15,16)17/h4-8,10H,3,9,11H2,1-2H3/b10-8-. The van der Waals surface area contributed by atoms with Gasteiger partial charge in [0, 0.05) is 32.5 Å². The van der Waals surface area contributed by atoms with E-state index < -0.39 is 16.2 Å². The molecule has 1 rings (SSSR count). The number of halogens is 3. The van der Waals surface area contributed by atoms with Gasteiger partial charge in [-0.15, -0.1) is 0 Å². The van der Waals surface area contributed by atoms with Gasteiger partial charge in [-0.05, 0) is 25.5 Å².